The van der Waals surface area contributed by atoms with E-state index in [0.717, 1.165) is 49.9 Å². The van der Waals surface area contributed by atoms with E-state index in [9.17, 15) is 0 Å². The van der Waals surface area contributed by atoms with Crippen LogP contribution in [0.25, 0.3) is 0 Å². The van der Waals surface area contributed by atoms with E-state index < -0.39 is 0 Å². The van der Waals surface area contributed by atoms with Crippen molar-refractivity contribution in [3.05, 3.63) is 28.8 Å². The molecular weight excluding hydrogens is 328 g/mol. The second-order valence-corrected chi connectivity index (χ2v) is 8.04. The lowest BCUT2D eigenvalue weighted by Crippen LogP contribution is -2.47. The molecule has 1 fully saturated rings. The lowest BCUT2D eigenvalue weighted by molar-refractivity contribution is 0.215. The number of nitrogens with zero attached hydrogens (tertiary/aromatic N) is 6. The van der Waals surface area contributed by atoms with Crippen LogP contribution in [0.3, 0.4) is 0 Å². The van der Waals surface area contributed by atoms with Crippen molar-refractivity contribution in [2.45, 2.75) is 59.9 Å². The molecular formula is C19H30N6O. The largest absolute Gasteiger partial charge is 0.354 e. The van der Waals surface area contributed by atoms with Gasteiger partial charge in [-0.2, -0.15) is 4.98 Å². The molecule has 0 spiro atoms. The number of hydrogen-bond donors (Lipinski definition) is 0. The summed E-state index contributed by atoms with van der Waals surface area (Å²) in [5.74, 6) is 3.42. The summed E-state index contributed by atoms with van der Waals surface area (Å²) in [6.07, 6.45) is 0.951. The average Bonchev–Trinajstić information content (AvgIpc) is 2.99. The normalized spacial score (nSPS) is 16.3. The number of anilines is 1. The van der Waals surface area contributed by atoms with Crippen LogP contribution >= 0.6 is 0 Å². The van der Waals surface area contributed by atoms with Crippen molar-refractivity contribution in [1.29, 1.82) is 0 Å². The van der Waals surface area contributed by atoms with Gasteiger partial charge in [-0.25, -0.2) is 9.97 Å². The molecule has 2 aromatic rings. The van der Waals surface area contributed by atoms with Crippen LogP contribution in [0, 0.1) is 13.8 Å². The second kappa shape index (κ2) is 7.31. The molecule has 7 heteroatoms. The maximum absolute atomic E-state index is 5.25. The third kappa shape index (κ3) is 4.03. The molecule has 1 aliphatic heterocycles. The molecule has 0 N–H and O–H groups in total. The third-order valence-corrected chi connectivity index (χ3v) is 4.82. The van der Waals surface area contributed by atoms with E-state index in [-0.39, 0.29) is 5.41 Å². The molecule has 0 amide bonds. The molecule has 0 saturated carbocycles. The van der Waals surface area contributed by atoms with Crippen LogP contribution in [0.15, 0.2) is 4.52 Å². The van der Waals surface area contributed by atoms with Gasteiger partial charge in [-0.15, -0.1) is 0 Å². The summed E-state index contributed by atoms with van der Waals surface area (Å²) in [7, 11) is 0. The van der Waals surface area contributed by atoms with Gasteiger partial charge in [0.2, 0.25) is 5.89 Å². The molecule has 3 heterocycles. The first kappa shape index (κ1) is 18.8. The Kier molecular flexibility index (Phi) is 5.27. The number of piperazine rings is 1. The number of aromatic nitrogens is 4. The Labute approximate surface area is 155 Å². The van der Waals surface area contributed by atoms with Gasteiger partial charge in [0.25, 0.3) is 0 Å². The molecule has 7 nitrogen and oxygen atoms in total. The van der Waals surface area contributed by atoms with Crippen molar-refractivity contribution in [3.63, 3.8) is 0 Å². The minimum atomic E-state index is -0.0522. The molecule has 1 saturated heterocycles. The fourth-order valence-corrected chi connectivity index (χ4v) is 3.31. The highest BCUT2D eigenvalue weighted by atomic mass is 16.5. The summed E-state index contributed by atoms with van der Waals surface area (Å²) in [6.45, 7) is 17.2. The molecule has 1 aliphatic rings. The van der Waals surface area contributed by atoms with E-state index in [1.807, 2.05) is 6.92 Å². The van der Waals surface area contributed by atoms with Gasteiger partial charge in [0.15, 0.2) is 5.82 Å². The average molecular weight is 358 g/mol. The summed E-state index contributed by atoms with van der Waals surface area (Å²) in [4.78, 5) is 18.8. The van der Waals surface area contributed by atoms with E-state index >= 15 is 0 Å². The van der Waals surface area contributed by atoms with Crippen molar-refractivity contribution >= 4 is 5.82 Å². The molecule has 0 aromatic carbocycles. The van der Waals surface area contributed by atoms with Gasteiger partial charge >= 0.3 is 0 Å². The van der Waals surface area contributed by atoms with E-state index in [0.29, 0.717) is 18.3 Å². The predicted molar refractivity (Wildman–Crippen MR) is 101 cm³/mol. The molecule has 0 radical (unpaired) electrons. The smallest absolute Gasteiger partial charge is 0.240 e. The van der Waals surface area contributed by atoms with E-state index in [2.05, 4.69) is 54.6 Å². The molecule has 142 valence electrons. The third-order valence-electron chi connectivity index (χ3n) is 4.82. The van der Waals surface area contributed by atoms with E-state index in [4.69, 9.17) is 14.5 Å². The Morgan fingerprint density at radius 3 is 2.23 bits per heavy atom. The highest BCUT2D eigenvalue weighted by Gasteiger charge is 2.26. The zero-order chi connectivity index (χ0) is 18.9. The summed E-state index contributed by atoms with van der Waals surface area (Å²) in [5.41, 5.74) is 2.31. The Hall–Kier alpha value is -2.02. The minimum Gasteiger partial charge on any atom is -0.354 e. The second-order valence-electron chi connectivity index (χ2n) is 8.04. The molecule has 2 aromatic heterocycles. The predicted octanol–water partition coefficient (Wildman–Crippen LogP) is 2.66. The van der Waals surface area contributed by atoms with Gasteiger partial charge in [0, 0.05) is 42.9 Å². The topological polar surface area (TPSA) is 71.2 Å². The Morgan fingerprint density at radius 2 is 1.69 bits per heavy atom. The Balaban J connectivity index is 1.75. The number of hydrogen-bond acceptors (Lipinski definition) is 7. The van der Waals surface area contributed by atoms with E-state index in [1.54, 1.807) is 0 Å². The monoisotopic (exact) mass is 358 g/mol. The minimum absolute atomic E-state index is 0.0522. The van der Waals surface area contributed by atoms with Crippen LogP contribution in [0.5, 0.6) is 0 Å². The molecule has 3 rings (SSSR count). The van der Waals surface area contributed by atoms with Crippen LogP contribution in [-0.4, -0.2) is 51.2 Å². The highest BCUT2D eigenvalue weighted by molar-refractivity contribution is 5.50. The van der Waals surface area contributed by atoms with Crippen molar-refractivity contribution in [2.24, 2.45) is 0 Å². The standard InChI is InChI=1S/C19H30N6O/c1-7-15-13(2)20-18(19(4,5)6)22-17(15)25-10-8-24(9-11-25)12-16-21-14(3)23-26-16/h7-12H2,1-6H3. The zero-order valence-corrected chi connectivity index (χ0v) is 16.8. The SMILES string of the molecule is CCc1c(C)nc(C(C)(C)C)nc1N1CCN(Cc2nc(C)no2)CC1. The van der Waals surface area contributed by atoms with Crippen LogP contribution in [0.2, 0.25) is 0 Å². The van der Waals surface area contributed by atoms with Gasteiger partial charge in [-0.05, 0) is 20.3 Å². The van der Waals surface area contributed by atoms with Crippen LogP contribution in [-0.2, 0) is 18.4 Å². The van der Waals surface area contributed by atoms with Gasteiger partial charge < -0.3 is 9.42 Å². The van der Waals surface area contributed by atoms with Gasteiger partial charge in [0.1, 0.15) is 11.6 Å². The Morgan fingerprint density at radius 1 is 1.00 bits per heavy atom. The van der Waals surface area contributed by atoms with Crippen LogP contribution in [0.1, 0.15) is 56.5 Å². The molecule has 0 atom stereocenters. The summed E-state index contributed by atoms with van der Waals surface area (Å²) in [5, 5.41) is 3.87. The highest BCUT2D eigenvalue weighted by Crippen LogP contribution is 2.27. The molecule has 0 aliphatic carbocycles. The van der Waals surface area contributed by atoms with Crippen LogP contribution < -0.4 is 4.90 Å². The summed E-state index contributed by atoms with van der Waals surface area (Å²) in [6, 6.07) is 0. The zero-order valence-electron chi connectivity index (χ0n) is 16.8. The first-order chi connectivity index (χ1) is 12.3. The number of rotatable bonds is 4. The van der Waals surface area contributed by atoms with Gasteiger partial charge in [0.05, 0.1) is 6.54 Å². The summed E-state index contributed by atoms with van der Waals surface area (Å²) < 4.78 is 5.25. The van der Waals surface area contributed by atoms with Crippen molar-refractivity contribution < 1.29 is 4.52 Å². The van der Waals surface area contributed by atoms with Crippen molar-refractivity contribution in [1.82, 2.24) is 25.0 Å². The maximum Gasteiger partial charge on any atom is 0.240 e. The lowest BCUT2D eigenvalue weighted by atomic mass is 9.95. The van der Waals surface area contributed by atoms with Crippen molar-refractivity contribution in [3.8, 4) is 0 Å². The first-order valence-corrected chi connectivity index (χ1v) is 9.42. The van der Waals surface area contributed by atoms with E-state index in [1.165, 1.54) is 5.56 Å². The quantitative estimate of drug-likeness (QED) is 0.832. The number of aryl methyl sites for hydroxylation is 2. The van der Waals surface area contributed by atoms with Gasteiger partial charge in [-0.1, -0.05) is 32.9 Å². The molecule has 0 unspecified atom stereocenters. The molecule has 0 bridgehead atoms. The van der Waals surface area contributed by atoms with Crippen LogP contribution in [0.4, 0.5) is 5.82 Å². The first-order valence-electron chi connectivity index (χ1n) is 9.42. The molecule has 26 heavy (non-hydrogen) atoms. The van der Waals surface area contributed by atoms with Gasteiger partial charge in [-0.3, -0.25) is 4.90 Å². The Bertz CT molecular complexity index is 756. The fraction of sp³-hybridized carbons (Fsp3) is 0.684. The van der Waals surface area contributed by atoms with Crippen molar-refractivity contribution in [2.75, 3.05) is 31.1 Å². The lowest BCUT2D eigenvalue weighted by Gasteiger charge is -2.36. The fourth-order valence-electron chi connectivity index (χ4n) is 3.31. The maximum atomic E-state index is 5.25. The summed E-state index contributed by atoms with van der Waals surface area (Å²) >= 11 is 0.